The maximum Gasteiger partial charge on any atom is 0.269 e. The molecular formula is C13H18N2O4. The lowest BCUT2D eigenvalue weighted by atomic mass is 10.0. The smallest absolute Gasteiger partial charge is 0.269 e. The predicted molar refractivity (Wildman–Crippen MR) is 70.7 cm³/mol. The average molecular weight is 266 g/mol. The molecule has 6 heteroatoms. The largest absolute Gasteiger partial charge is 0.396 e. The number of nitrogens with zero attached hydrogens (tertiary/aromatic N) is 1. The minimum Gasteiger partial charge on any atom is -0.396 e. The molecule has 0 spiro atoms. The van der Waals surface area contributed by atoms with E-state index in [2.05, 4.69) is 5.32 Å². The van der Waals surface area contributed by atoms with E-state index in [4.69, 9.17) is 5.11 Å². The molecule has 19 heavy (non-hydrogen) atoms. The van der Waals surface area contributed by atoms with E-state index in [9.17, 15) is 14.9 Å². The van der Waals surface area contributed by atoms with Crippen LogP contribution in [0.2, 0.25) is 0 Å². The SMILES string of the molecule is C[C@H](CO)[C@@H](C)NC(=O)Cc1cccc([N+](=O)[O-])c1. The van der Waals surface area contributed by atoms with Crippen molar-refractivity contribution in [1.29, 1.82) is 0 Å². The highest BCUT2D eigenvalue weighted by atomic mass is 16.6. The molecule has 2 N–H and O–H groups in total. The molecule has 0 unspecified atom stereocenters. The van der Waals surface area contributed by atoms with Crippen molar-refractivity contribution < 1.29 is 14.8 Å². The molecule has 1 aromatic carbocycles. The fourth-order valence-electron chi connectivity index (χ4n) is 1.57. The van der Waals surface area contributed by atoms with Crippen LogP contribution in [-0.2, 0) is 11.2 Å². The van der Waals surface area contributed by atoms with E-state index in [1.54, 1.807) is 12.1 Å². The number of rotatable bonds is 6. The maximum atomic E-state index is 11.8. The molecule has 0 fully saturated rings. The molecule has 0 aromatic heterocycles. The normalized spacial score (nSPS) is 13.6. The van der Waals surface area contributed by atoms with Crippen molar-refractivity contribution in [3.05, 3.63) is 39.9 Å². The number of carbonyl (C=O) groups excluding carboxylic acids is 1. The van der Waals surface area contributed by atoms with E-state index in [0.29, 0.717) is 5.56 Å². The summed E-state index contributed by atoms with van der Waals surface area (Å²) in [5.41, 5.74) is 0.567. The summed E-state index contributed by atoms with van der Waals surface area (Å²) >= 11 is 0. The molecular weight excluding hydrogens is 248 g/mol. The van der Waals surface area contributed by atoms with Gasteiger partial charge in [-0.3, -0.25) is 14.9 Å². The van der Waals surface area contributed by atoms with Crippen molar-refractivity contribution in [1.82, 2.24) is 5.32 Å². The van der Waals surface area contributed by atoms with Crippen molar-refractivity contribution >= 4 is 11.6 Å². The van der Waals surface area contributed by atoms with Gasteiger partial charge in [0.15, 0.2) is 0 Å². The molecule has 1 rings (SSSR count). The van der Waals surface area contributed by atoms with Gasteiger partial charge in [-0.05, 0) is 18.4 Å². The first-order chi connectivity index (χ1) is 8.93. The van der Waals surface area contributed by atoms with E-state index < -0.39 is 4.92 Å². The van der Waals surface area contributed by atoms with Crippen molar-refractivity contribution in [3.8, 4) is 0 Å². The Morgan fingerprint density at radius 3 is 2.74 bits per heavy atom. The fraction of sp³-hybridized carbons (Fsp3) is 0.462. The number of amides is 1. The second kappa shape index (κ2) is 6.84. The minimum absolute atomic E-state index is 0.00173. The number of aliphatic hydroxyl groups excluding tert-OH is 1. The highest BCUT2D eigenvalue weighted by Gasteiger charge is 2.15. The summed E-state index contributed by atoms with van der Waals surface area (Å²) in [6.07, 6.45) is 0.0875. The summed E-state index contributed by atoms with van der Waals surface area (Å²) in [4.78, 5) is 21.9. The van der Waals surface area contributed by atoms with Crippen LogP contribution in [0.1, 0.15) is 19.4 Å². The van der Waals surface area contributed by atoms with Gasteiger partial charge in [0.2, 0.25) is 5.91 Å². The lowest BCUT2D eigenvalue weighted by Gasteiger charge is -2.19. The van der Waals surface area contributed by atoms with Crippen LogP contribution in [-0.4, -0.2) is 28.6 Å². The molecule has 0 heterocycles. The van der Waals surface area contributed by atoms with E-state index in [1.165, 1.54) is 12.1 Å². The zero-order valence-corrected chi connectivity index (χ0v) is 11.0. The summed E-state index contributed by atoms with van der Waals surface area (Å²) in [6, 6.07) is 5.86. The first-order valence-electron chi connectivity index (χ1n) is 6.07. The van der Waals surface area contributed by atoms with Crippen molar-refractivity contribution in [2.45, 2.75) is 26.3 Å². The lowest BCUT2D eigenvalue weighted by molar-refractivity contribution is -0.384. The van der Waals surface area contributed by atoms with Gasteiger partial charge in [0.05, 0.1) is 11.3 Å². The Morgan fingerprint density at radius 2 is 2.16 bits per heavy atom. The first-order valence-corrected chi connectivity index (χ1v) is 6.07. The molecule has 0 bridgehead atoms. The molecule has 0 saturated heterocycles. The molecule has 1 aromatic rings. The lowest BCUT2D eigenvalue weighted by Crippen LogP contribution is -2.39. The summed E-state index contributed by atoms with van der Waals surface area (Å²) in [5, 5.41) is 22.4. The molecule has 6 nitrogen and oxygen atoms in total. The molecule has 104 valence electrons. The monoisotopic (exact) mass is 266 g/mol. The number of nitro benzene ring substituents is 1. The summed E-state index contributed by atoms with van der Waals surface area (Å²) < 4.78 is 0. The first kappa shape index (κ1) is 15.1. The van der Waals surface area contributed by atoms with Crippen LogP contribution in [0.25, 0.3) is 0 Å². The van der Waals surface area contributed by atoms with Crippen molar-refractivity contribution in [2.24, 2.45) is 5.92 Å². The third-order valence-corrected chi connectivity index (χ3v) is 3.02. The number of non-ortho nitro benzene ring substituents is 1. The molecule has 1 amide bonds. The van der Waals surface area contributed by atoms with Gasteiger partial charge in [0.25, 0.3) is 5.69 Å². The fourth-order valence-corrected chi connectivity index (χ4v) is 1.57. The third-order valence-electron chi connectivity index (χ3n) is 3.02. The summed E-state index contributed by atoms with van der Waals surface area (Å²) in [7, 11) is 0. The Labute approximate surface area is 111 Å². The molecule has 2 atom stereocenters. The van der Waals surface area contributed by atoms with Crippen molar-refractivity contribution in [2.75, 3.05) is 6.61 Å². The number of nitro groups is 1. The van der Waals surface area contributed by atoms with Gasteiger partial charge in [0.1, 0.15) is 0 Å². The van der Waals surface area contributed by atoms with Gasteiger partial charge < -0.3 is 10.4 Å². The number of nitrogens with one attached hydrogen (secondary N) is 1. The zero-order valence-electron chi connectivity index (χ0n) is 11.0. The van der Waals surface area contributed by atoms with Gasteiger partial charge in [-0.25, -0.2) is 0 Å². The van der Waals surface area contributed by atoms with E-state index in [-0.39, 0.29) is 36.6 Å². The number of hydrogen-bond donors (Lipinski definition) is 2. The van der Waals surface area contributed by atoms with Gasteiger partial charge in [0, 0.05) is 24.8 Å². The van der Waals surface area contributed by atoms with Gasteiger partial charge in [-0.15, -0.1) is 0 Å². The minimum atomic E-state index is -0.488. The van der Waals surface area contributed by atoms with E-state index in [0.717, 1.165) is 0 Å². The standard InChI is InChI=1S/C13H18N2O4/c1-9(8-16)10(2)14-13(17)7-11-4-3-5-12(6-11)15(18)19/h3-6,9-10,16H,7-8H2,1-2H3,(H,14,17)/t9-,10-/m1/s1. The van der Waals surface area contributed by atoms with Gasteiger partial charge in [-0.1, -0.05) is 19.1 Å². The summed E-state index contributed by atoms with van der Waals surface area (Å²) in [5.74, 6) is -0.248. The molecule has 0 saturated carbocycles. The highest BCUT2D eigenvalue weighted by Crippen LogP contribution is 2.13. The highest BCUT2D eigenvalue weighted by molar-refractivity contribution is 5.79. The number of hydrogen-bond acceptors (Lipinski definition) is 4. The molecule has 0 radical (unpaired) electrons. The molecule has 0 aliphatic rings. The van der Waals surface area contributed by atoms with Crippen LogP contribution >= 0.6 is 0 Å². The average Bonchev–Trinajstić information content (AvgIpc) is 2.37. The second-order valence-corrected chi connectivity index (χ2v) is 4.62. The van der Waals surface area contributed by atoms with Crippen LogP contribution < -0.4 is 5.32 Å². The Kier molecular flexibility index (Phi) is 5.44. The van der Waals surface area contributed by atoms with Gasteiger partial charge >= 0.3 is 0 Å². The van der Waals surface area contributed by atoms with Crippen LogP contribution in [0.5, 0.6) is 0 Å². The van der Waals surface area contributed by atoms with E-state index >= 15 is 0 Å². The van der Waals surface area contributed by atoms with Crippen molar-refractivity contribution in [3.63, 3.8) is 0 Å². The van der Waals surface area contributed by atoms with Crippen LogP contribution in [0.4, 0.5) is 5.69 Å². The Hall–Kier alpha value is -1.95. The second-order valence-electron chi connectivity index (χ2n) is 4.62. The zero-order chi connectivity index (χ0) is 14.4. The molecule has 0 aliphatic heterocycles. The van der Waals surface area contributed by atoms with Crippen LogP contribution in [0.15, 0.2) is 24.3 Å². The van der Waals surface area contributed by atoms with Gasteiger partial charge in [-0.2, -0.15) is 0 Å². The third kappa shape index (κ3) is 4.67. The maximum absolute atomic E-state index is 11.8. The van der Waals surface area contributed by atoms with Crippen LogP contribution in [0, 0.1) is 16.0 Å². The quantitative estimate of drug-likeness (QED) is 0.599. The molecule has 0 aliphatic carbocycles. The topological polar surface area (TPSA) is 92.5 Å². The number of aliphatic hydroxyl groups is 1. The van der Waals surface area contributed by atoms with Crippen LogP contribution in [0.3, 0.4) is 0 Å². The Morgan fingerprint density at radius 1 is 1.47 bits per heavy atom. The Bertz CT molecular complexity index is 462. The predicted octanol–water partition coefficient (Wildman–Crippen LogP) is 1.27. The van der Waals surface area contributed by atoms with E-state index in [1.807, 2.05) is 13.8 Å². The summed E-state index contributed by atoms with van der Waals surface area (Å²) in [6.45, 7) is 3.64. The number of benzene rings is 1. The number of carbonyl (C=O) groups is 1. The Balaban J connectivity index is 2.62.